The fraction of sp³-hybridized carbons (Fsp3) is 0.273. The van der Waals surface area contributed by atoms with E-state index in [1.54, 1.807) is 7.11 Å². The normalized spacial score (nSPS) is 14.1. The summed E-state index contributed by atoms with van der Waals surface area (Å²) in [6.45, 7) is 5.68. The predicted molar refractivity (Wildman–Crippen MR) is 51.8 cm³/mol. The van der Waals surface area contributed by atoms with Crippen molar-refractivity contribution in [3.63, 3.8) is 0 Å². The van der Waals surface area contributed by atoms with Crippen LogP contribution in [0, 0.1) is 0 Å². The molecule has 1 aromatic carbocycles. The van der Waals surface area contributed by atoms with Gasteiger partial charge in [-0.2, -0.15) is 0 Å². The number of rotatable bonds is 2. The zero-order valence-corrected chi connectivity index (χ0v) is 7.79. The minimum Gasteiger partial charge on any atom is -0.483 e. The Morgan fingerprint density at radius 1 is 1.31 bits per heavy atom. The SMILES string of the molecule is C=C(OC)N1Cc2ccccc2C1. The predicted octanol–water partition coefficient (Wildman–Crippen LogP) is 2.12. The van der Waals surface area contributed by atoms with Gasteiger partial charge in [-0.1, -0.05) is 24.3 Å². The van der Waals surface area contributed by atoms with Gasteiger partial charge in [0.05, 0.1) is 7.11 Å². The van der Waals surface area contributed by atoms with Gasteiger partial charge < -0.3 is 9.64 Å². The van der Waals surface area contributed by atoms with Crippen molar-refractivity contribution in [2.75, 3.05) is 7.11 Å². The van der Waals surface area contributed by atoms with Crippen molar-refractivity contribution >= 4 is 0 Å². The molecule has 13 heavy (non-hydrogen) atoms. The molecule has 0 aliphatic carbocycles. The average Bonchev–Trinajstić information content (AvgIpc) is 2.59. The summed E-state index contributed by atoms with van der Waals surface area (Å²) in [5.41, 5.74) is 2.75. The topological polar surface area (TPSA) is 12.5 Å². The molecule has 0 bridgehead atoms. The van der Waals surface area contributed by atoms with E-state index in [0.29, 0.717) is 0 Å². The van der Waals surface area contributed by atoms with E-state index >= 15 is 0 Å². The average molecular weight is 175 g/mol. The maximum Gasteiger partial charge on any atom is 0.182 e. The molecule has 0 saturated heterocycles. The van der Waals surface area contributed by atoms with Crippen molar-refractivity contribution in [3.8, 4) is 0 Å². The molecule has 2 heteroatoms. The van der Waals surface area contributed by atoms with Crippen LogP contribution in [0.2, 0.25) is 0 Å². The Morgan fingerprint density at radius 2 is 1.85 bits per heavy atom. The Hall–Kier alpha value is -1.44. The Labute approximate surface area is 78.4 Å². The third-order valence-electron chi connectivity index (χ3n) is 2.43. The Bertz CT molecular complexity index is 308. The van der Waals surface area contributed by atoms with Crippen LogP contribution < -0.4 is 0 Å². The number of nitrogens with zero attached hydrogens (tertiary/aromatic N) is 1. The van der Waals surface area contributed by atoms with Gasteiger partial charge in [0.25, 0.3) is 0 Å². The lowest BCUT2D eigenvalue weighted by molar-refractivity contribution is 0.155. The molecule has 0 radical (unpaired) electrons. The number of ether oxygens (including phenoxy) is 1. The Balaban J connectivity index is 2.18. The quantitative estimate of drug-likeness (QED) is 0.638. The molecule has 1 aromatic rings. The zero-order valence-electron chi connectivity index (χ0n) is 7.79. The molecule has 0 saturated carbocycles. The van der Waals surface area contributed by atoms with Crippen molar-refractivity contribution < 1.29 is 4.74 Å². The van der Waals surface area contributed by atoms with Crippen molar-refractivity contribution in [1.82, 2.24) is 4.90 Å². The fourth-order valence-corrected chi connectivity index (χ4v) is 1.64. The summed E-state index contributed by atoms with van der Waals surface area (Å²) in [7, 11) is 1.66. The molecule has 0 spiro atoms. The molecule has 2 rings (SSSR count). The van der Waals surface area contributed by atoms with Gasteiger partial charge in [0.1, 0.15) is 0 Å². The third kappa shape index (κ3) is 1.39. The minimum absolute atomic E-state index is 0.746. The van der Waals surface area contributed by atoms with Crippen LogP contribution in [0.15, 0.2) is 36.7 Å². The lowest BCUT2D eigenvalue weighted by Gasteiger charge is -2.18. The van der Waals surface area contributed by atoms with E-state index < -0.39 is 0 Å². The van der Waals surface area contributed by atoms with Gasteiger partial charge in [-0.05, 0) is 17.7 Å². The second-order valence-corrected chi connectivity index (χ2v) is 3.22. The smallest absolute Gasteiger partial charge is 0.182 e. The molecule has 0 fully saturated rings. The molecule has 0 unspecified atom stereocenters. The molecule has 1 aliphatic heterocycles. The fourth-order valence-electron chi connectivity index (χ4n) is 1.64. The molecule has 1 heterocycles. The van der Waals surface area contributed by atoms with Crippen LogP contribution in [0.3, 0.4) is 0 Å². The Morgan fingerprint density at radius 3 is 2.31 bits per heavy atom. The van der Waals surface area contributed by atoms with E-state index in [0.717, 1.165) is 19.0 Å². The lowest BCUT2D eigenvalue weighted by Crippen LogP contribution is -2.15. The highest BCUT2D eigenvalue weighted by Crippen LogP contribution is 2.24. The number of fused-ring (bicyclic) bond motifs is 1. The van der Waals surface area contributed by atoms with Crippen molar-refractivity contribution in [1.29, 1.82) is 0 Å². The number of benzene rings is 1. The summed E-state index contributed by atoms with van der Waals surface area (Å²) in [5.74, 6) is 0.746. The summed E-state index contributed by atoms with van der Waals surface area (Å²) in [5, 5.41) is 0. The van der Waals surface area contributed by atoms with Crippen molar-refractivity contribution in [3.05, 3.63) is 47.9 Å². The van der Waals surface area contributed by atoms with Gasteiger partial charge in [-0.25, -0.2) is 0 Å². The largest absolute Gasteiger partial charge is 0.483 e. The maximum absolute atomic E-state index is 5.10. The van der Waals surface area contributed by atoms with E-state index in [2.05, 4.69) is 35.7 Å². The first-order valence-corrected chi connectivity index (χ1v) is 4.36. The molecule has 2 nitrogen and oxygen atoms in total. The first kappa shape index (κ1) is 8.17. The molecule has 0 atom stereocenters. The van der Waals surface area contributed by atoms with Crippen LogP contribution in [0.4, 0.5) is 0 Å². The lowest BCUT2D eigenvalue weighted by atomic mass is 10.1. The first-order valence-electron chi connectivity index (χ1n) is 4.36. The molecular formula is C11H13NO. The molecule has 0 N–H and O–H groups in total. The maximum atomic E-state index is 5.10. The molecule has 0 aromatic heterocycles. The van der Waals surface area contributed by atoms with E-state index in [-0.39, 0.29) is 0 Å². The summed E-state index contributed by atoms with van der Waals surface area (Å²) in [4.78, 5) is 2.13. The van der Waals surface area contributed by atoms with Crippen LogP contribution in [0.25, 0.3) is 0 Å². The van der Waals surface area contributed by atoms with Gasteiger partial charge in [0.15, 0.2) is 5.88 Å². The van der Waals surface area contributed by atoms with Crippen molar-refractivity contribution in [2.24, 2.45) is 0 Å². The van der Waals surface area contributed by atoms with Crippen LogP contribution in [0.5, 0.6) is 0 Å². The zero-order chi connectivity index (χ0) is 9.26. The van der Waals surface area contributed by atoms with E-state index in [1.165, 1.54) is 11.1 Å². The number of hydrogen-bond acceptors (Lipinski definition) is 2. The van der Waals surface area contributed by atoms with E-state index in [4.69, 9.17) is 4.74 Å². The second-order valence-electron chi connectivity index (χ2n) is 3.22. The van der Waals surface area contributed by atoms with Gasteiger partial charge in [-0.15, -0.1) is 0 Å². The highest BCUT2D eigenvalue weighted by Gasteiger charge is 2.19. The summed E-state index contributed by atoms with van der Waals surface area (Å²) in [6, 6.07) is 8.44. The first-order chi connectivity index (χ1) is 6.31. The monoisotopic (exact) mass is 175 g/mol. The number of hydrogen-bond donors (Lipinski definition) is 0. The summed E-state index contributed by atoms with van der Waals surface area (Å²) < 4.78 is 5.10. The Kier molecular flexibility index (Phi) is 1.97. The van der Waals surface area contributed by atoms with Gasteiger partial charge in [0, 0.05) is 13.1 Å². The molecule has 0 amide bonds. The van der Waals surface area contributed by atoms with Crippen LogP contribution in [-0.4, -0.2) is 12.0 Å². The van der Waals surface area contributed by atoms with Crippen molar-refractivity contribution in [2.45, 2.75) is 13.1 Å². The third-order valence-corrected chi connectivity index (χ3v) is 2.43. The van der Waals surface area contributed by atoms with E-state index in [9.17, 15) is 0 Å². The molecule has 1 aliphatic rings. The minimum atomic E-state index is 0.746. The van der Waals surface area contributed by atoms with Crippen LogP contribution in [0.1, 0.15) is 11.1 Å². The highest BCUT2D eigenvalue weighted by atomic mass is 16.5. The number of methoxy groups -OCH3 is 1. The standard InChI is InChI=1S/C11H13NO/c1-9(13-2)12-7-10-5-3-4-6-11(10)8-12/h3-6H,1,7-8H2,2H3. The summed E-state index contributed by atoms with van der Waals surface area (Å²) in [6.07, 6.45) is 0. The second kappa shape index (κ2) is 3.13. The summed E-state index contributed by atoms with van der Waals surface area (Å²) >= 11 is 0. The van der Waals surface area contributed by atoms with Crippen LogP contribution in [-0.2, 0) is 17.8 Å². The van der Waals surface area contributed by atoms with Crippen LogP contribution >= 0.6 is 0 Å². The molecular weight excluding hydrogens is 162 g/mol. The van der Waals surface area contributed by atoms with Gasteiger partial charge in [-0.3, -0.25) is 0 Å². The van der Waals surface area contributed by atoms with Gasteiger partial charge in [0.2, 0.25) is 0 Å². The van der Waals surface area contributed by atoms with Gasteiger partial charge >= 0.3 is 0 Å². The van der Waals surface area contributed by atoms with E-state index in [1.807, 2.05) is 0 Å². The highest BCUT2D eigenvalue weighted by molar-refractivity contribution is 5.31. The molecule has 68 valence electrons.